The van der Waals surface area contributed by atoms with E-state index in [1.54, 1.807) is 6.07 Å². The fourth-order valence-electron chi connectivity index (χ4n) is 1.27. The number of carboxylic acid groups (broad SMARTS) is 1. The van der Waals surface area contributed by atoms with Crippen LogP contribution in [0.3, 0.4) is 0 Å². The molecule has 0 saturated heterocycles. The Hall–Kier alpha value is -1.48. The average molecular weight is 353 g/mol. The van der Waals surface area contributed by atoms with Crippen LogP contribution in [0.4, 0.5) is 13.2 Å². The maximum Gasteiger partial charge on any atom is 0.435 e. The Balaban J connectivity index is 2.55. The lowest BCUT2D eigenvalue weighted by Gasteiger charge is -2.02. The second-order valence-corrected chi connectivity index (χ2v) is 5.28. The highest BCUT2D eigenvalue weighted by Gasteiger charge is 2.39. The zero-order valence-electron chi connectivity index (χ0n) is 8.90. The van der Waals surface area contributed by atoms with Crippen molar-refractivity contribution in [2.75, 3.05) is 0 Å². The Kier molecular flexibility index (Phi) is 3.59. The Morgan fingerprint density at radius 2 is 2.05 bits per heavy atom. The Bertz CT molecular complexity index is 625. The van der Waals surface area contributed by atoms with Crippen LogP contribution < -0.4 is 0 Å². The number of nitrogens with zero attached hydrogens (tertiary/aromatic N) is 2. The molecular weight excluding hydrogens is 349 g/mol. The van der Waals surface area contributed by atoms with Gasteiger partial charge in [0.2, 0.25) is 0 Å². The van der Waals surface area contributed by atoms with Gasteiger partial charge in [0.25, 0.3) is 0 Å². The van der Waals surface area contributed by atoms with Crippen LogP contribution in [0.5, 0.6) is 0 Å². The van der Waals surface area contributed by atoms with E-state index in [-0.39, 0.29) is 10.7 Å². The zero-order chi connectivity index (χ0) is 14.2. The number of aromatic nitrogens is 2. The monoisotopic (exact) mass is 352 g/mol. The minimum Gasteiger partial charge on any atom is -0.477 e. The summed E-state index contributed by atoms with van der Waals surface area (Å²) in [4.78, 5) is 17.2. The van der Waals surface area contributed by atoms with E-state index in [0.29, 0.717) is 15.8 Å². The number of carbonyl (C=O) groups is 1. The molecule has 0 aromatic carbocycles. The van der Waals surface area contributed by atoms with Gasteiger partial charge in [-0.15, -0.1) is 11.3 Å². The van der Waals surface area contributed by atoms with Gasteiger partial charge in [0.1, 0.15) is 9.88 Å². The summed E-state index contributed by atoms with van der Waals surface area (Å²) in [5, 5.41) is 8.69. The van der Waals surface area contributed by atoms with Crippen molar-refractivity contribution in [3.8, 4) is 10.7 Å². The molecule has 0 bridgehead atoms. The number of alkyl halides is 3. The highest BCUT2D eigenvalue weighted by Crippen LogP contribution is 2.37. The SMILES string of the molecule is O=C(O)c1sc(-c2ccc(Br)cn2)nc1C(F)(F)F. The van der Waals surface area contributed by atoms with Crippen molar-refractivity contribution < 1.29 is 23.1 Å². The molecule has 100 valence electrons. The maximum atomic E-state index is 12.7. The molecule has 0 aliphatic rings. The van der Waals surface area contributed by atoms with Gasteiger partial charge in [0, 0.05) is 10.7 Å². The van der Waals surface area contributed by atoms with Crippen molar-refractivity contribution >= 4 is 33.2 Å². The lowest BCUT2D eigenvalue weighted by atomic mass is 10.3. The minimum absolute atomic E-state index is 0.0859. The van der Waals surface area contributed by atoms with Crippen LogP contribution in [0.1, 0.15) is 15.4 Å². The first-order valence-electron chi connectivity index (χ1n) is 4.72. The molecule has 0 saturated carbocycles. The molecule has 0 aliphatic heterocycles. The van der Waals surface area contributed by atoms with E-state index in [1.807, 2.05) is 0 Å². The topological polar surface area (TPSA) is 63.1 Å². The van der Waals surface area contributed by atoms with Gasteiger partial charge in [0.05, 0.1) is 5.69 Å². The summed E-state index contributed by atoms with van der Waals surface area (Å²) in [6.07, 6.45) is -3.41. The molecule has 2 rings (SSSR count). The molecule has 0 spiro atoms. The third-order valence-corrected chi connectivity index (χ3v) is 3.57. The lowest BCUT2D eigenvalue weighted by Crippen LogP contribution is -2.11. The van der Waals surface area contributed by atoms with Crippen LogP contribution in [0.2, 0.25) is 0 Å². The van der Waals surface area contributed by atoms with Gasteiger partial charge >= 0.3 is 12.1 Å². The number of thiazole rings is 1. The van der Waals surface area contributed by atoms with Crippen molar-refractivity contribution in [3.63, 3.8) is 0 Å². The van der Waals surface area contributed by atoms with Gasteiger partial charge in [-0.3, -0.25) is 4.98 Å². The second kappa shape index (κ2) is 4.89. The van der Waals surface area contributed by atoms with Crippen LogP contribution >= 0.6 is 27.3 Å². The number of halogens is 4. The van der Waals surface area contributed by atoms with Crippen LogP contribution in [0.25, 0.3) is 10.7 Å². The fraction of sp³-hybridized carbons (Fsp3) is 0.100. The molecule has 0 atom stereocenters. The fourth-order valence-corrected chi connectivity index (χ4v) is 2.40. The van der Waals surface area contributed by atoms with Crippen LogP contribution in [-0.2, 0) is 6.18 Å². The smallest absolute Gasteiger partial charge is 0.435 e. The van der Waals surface area contributed by atoms with Gasteiger partial charge in [-0.1, -0.05) is 0 Å². The first kappa shape index (κ1) is 13.9. The molecule has 9 heteroatoms. The van der Waals surface area contributed by atoms with Crippen molar-refractivity contribution in [1.82, 2.24) is 9.97 Å². The van der Waals surface area contributed by atoms with Crippen molar-refractivity contribution in [1.29, 1.82) is 0 Å². The van der Waals surface area contributed by atoms with Crippen molar-refractivity contribution in [3.05, 3.63) is 33.4 Å². The van der Waals surface area contributed by atoms with Crippen LogP contribution in [0.15, 0.2) is 22.8 Å². The zero-order valence-corrected chi connectivity index (χ0v) is 11.3. The lowest BCUT2D eigenvalue weighted by molar-refractivity contribution is -0.141. The predicted octanol–water partition coefficient (Wildman–Crippen LogP) is 3.68. The van der Waals surface area contributed by atoms with E-state index < -0.39 is 22.7 Å². The quantitative estimate of drug-likeness (QED) is 0.895. The van der Waals surface area contributed by atoms with E-state index in [2.05, 4.69) is 25.9 Å². The molecule has 0 unspecified atom stereocenters. The summed E-state index contributed by atoms with van der Waals surface area (Å²) in [7, 11) is 0. The second-order valence-electron chi connectivity index (χ2n) is 3.36. The molecule has 2 aromatic rings. The van der Waals surface area contributed by atoms with Crippen LogP contribution in [-0.4, -0.2) is 21.0 Å². The molecule has 1 N–H and O–H groups in total. The van der Waals surface area contributed by atoms with E-state index in [0.717, 1.165) is 0 Å². The molecule has 4 nitrogen and oxygen atoms in total. The summed E-state index contributed by atoms with van der Waals surface area (Å²) in [6.45, 7) is 0. The maximum absolute atomic E-state index is 12.7. The number of rotatable bonds is 2. The first-order chi connectivity index (χ1) is 8.79. The Labute approximate surface area is 117 Å². The van der Waals surface area contributed by atoms with Crippen LogP contribution in [0, 0.1) is 0 Å². The Morgan fingerprint density at radius 3 is 2.47 bits per heavy atom. The van der Waals surface area contributed by atoms with Crippen molar-refractivity contribution in [2.24, 2.45) is 0 Å². The molecule has 19 heavy (non-hydrogen) atoms. The molecule has 0 fully saturated rings. The minimum atomic E-state index is -4.81. The first-order valence-corrected chi connectivity index (χ1v) is 6.33. The van der Waals surface area contributed by atoms with Gasteiger partial charge in [-0.05, 0) is 28.1 Å². The highest BCUT2D eigenvalue weighted by molar-refractivity contribution is 9.10. The number of hydrogen-bond acceptors (Lipinski definition) is 4. The van der Waals surface area contributed by atoms with E-state index in [4.69, 9.17) is 5.11 Å². The normalized spacial score (nSPS) is 11.6. The summed E-state index contributed by atoms with van der Waals surface area (Å²) in [5.74, 6) is -1.66. The summed E-state index contributed by atoms with van der Waals surface area (Å²) < 4.78 is 38.6. The third-order valence-electron chi connectivity index (χ3n) is 2.04. The van der Waals surface area contributed by atoms with Crippen molar-refractivity contribution in [2.45, 2.75) is 6.18 Å². The van der Waals surface area contributed by atoms with Gasteiger partial charge in [0.15, 0.2) is 5.69 Å². The number of pyridine rings is 1. The highest BCUT2D eigenvalue weighted by atomic mass is 79.9. The summed E-state index contributed by atoms with van der Waals surface area (Å²) in [5.41, 5.74) is -1.21. The Morgan fingerprint density at radius 1 is 1.37 bits per heavy atom. The summed E-state index contributed by atoms with van der Waals surface area (Å²) in [6, 6.07) is 3.03. The molecule has 0 amide bonds. The molecular formula is C10H4BrF3N2O2S. The third kappa shape index (κ3) is 2.92. The van der Waals surface area contributed by atoms with Gasteiger partial charge in [-0.25, -0.2) is 9.78 Å². The molecule has 2 heterocycles. The molecule has 0 radical (unpaired) electrons. The molecule has 2 aromatic heterocycles. The number of carboxylic acids is 1. The van der Waals surface area contributed by atoms with E-state index in [1.165, 1.54) is 12.3 Å². The predicted molar refractivity (Wildman–Crippen MR) is 65.0 cm³/mol. The standard InChI is InChI=1S/C10H4BrF3N2O2S/c11-4-1-2-5(15-3-4)8-16-7(10(12,13)14)6(19-8)9(17)18/h1-3H,(H,17,18). The summed E-state index contributed by atoms with van der Waals surface area (Å²) >= 11 is 3.58. The number of aromatic carboxylic acids is 1. The average Bonchev–Trinajstić information content (AvgIpc) is 2.74. The number of hydrogen-bond donors (Lipinski definition) is 1. The van der Waals surface area contributed by atoms with E-state index >= 15 is 0 Å². The molecule has 0 aliphatic carbocycles. The van der Waals surface area contributed by atoms with Gasteiger partial charge < -0.3 is 5.11 Å². The largest absolute Gasteiger partial charge is 0.477 e. The van der Waals surface area contributed by atoms with E-state index in [9.17, 15) is 18.0 Å². The van der Waals surface area contributed by atoms with Gasteiger partial charge in [-0.2, -0.15) is 13.2 Å².